The van der Waals surface area contributed by atoms with Crippen molar-refractivity contribution in [2.75, 3.05) is 36.4 Å². The number of carbonyl (C=O) groups excluding carboxylic acids is 1. The van der Waals surface area contributed by atoms with Crippen molar-refractivity contribution in [3.8, 4) is 0 Å². The molecule has 2 heterocycles. The Balaban J connectivity index is 1.32. The Morgan fingerprint density at radius 1 is 0.931 bits per heavy atom. The van der Waals surface area contributed by atoms with Crippen LogP contribution in [-0.4, -0.2) is 47.0 Å². The first-order valence-corrected chi connectivity index (χ1v) is 9.59. The van der Waals surface area contributed by atoms with Gasteiger partial charge in [0.1, 0.15) is 17.3 Å². The van der Waals surface area contributed by atoms with Crippen LogP contribution in [0.25, 0.3) is 0 Å². The number of anilines is 2. The summed E-state index contributed by atoms with van der Waals surface area (Å²) in [6, 6.07) is 16.7. The van der Waals surface area contributed by atoms with Crippen LogP contribution in [0.2, 0.25) is 0 Å². The molecule has 0 unspecified atom stereocenters. The zero-order valence-corrected chi connectivity index (χ0v) is 16.0. The second-order valence-corrected chi connectivity index (χ2v) is 6.86. The van der Waals surface area contributed by atoms with Crippen LogP contribution in [0.1, 0.15) is 16.1 Å². The van der Waals surface area contributed by atoms with Crippen molar-refractivity contribution < 1.29 is 9.18 Å². The van der Waals surface area contributed by atoms with Crippen LogP contribution in [-0.2, 0) is 6.54 Å². The molecule has 1 fully saturated rings. The SMILES string of the molecule is O=C(c1cnc(NCc2ccccc2)cn1)N1CCN(c2ccccc2F)CC1. The number of hydrogen-bond donors (Lipinski definition) is 1. The molecule has 2 aromatic carbocycles. The Labute approximate surface area is 169 Å². The van der Waals surface area contributed by atoms with Crippen molar-refractivity contribution in [1.82, 2.24) is 14.9 Å². The molecule has 4 rings (SSSR count). The molecule has 1 saturated heterocycles. The van der Waals surface area contributed by atoms with E-state index in [2.05, 4.69) is 15.3 Å². The number of para-hydroxylation sites is 1. The van der Waals surface area contributed by atoms with Gasteiger partial charge in [-0.25, -0.2) is 14.4 Å². The smallest absolute Gasteiger partial charge is 0.274 e. The number of piperazine rings is 1. The summed E-state index contributed by atoms with van der Waals surface area (Å²) in [7, 11) is 0. The summed E-state index contributed by atoms with van der Waals surface area (Å²) in [6.45, 7) is 2.83. The molecule has 0 bridgehead atoms. The maximum Gasteiger partial charge on any atom is 0.274 e. The van der Waals surface area contributed by atoms with Crippen molar-refractivity contribution in [2.24, 2.45) is 0 Å². The summed E-state index contributed by atoms with van der Waals surface area (Å²) in [4.78, 5) is 25.0. The number of hydrogen-bond acceptors (Lipinski definition) is 5. The lowest BCUT2D eigenvalue weighted by atomic mass is 10.2. The van der Waals surface area contributed by atoms with Gasteiger partial charge < -0.3 is 15.1 Å². The van der Waals surface area contributed by atoms with Gasteiger partial charge in [0.25, 0.3) is 5.91 Å². The van der Waals surface area contributed by atoms with Gasteiger partial charge in [0.15, 0.2) is 0 Å². The molecule has 0 atom stereocenters. The van der Waals surface area contributed by atoms with E-state index in [4.69, 9.17) is 0 Å². The van der Waals surface area contributed by atoms with E-state index >= 15 is 0 Å². The number of benzene rings is 2. The van der Waals surface area contributed by atoms with E-state index in [1.165, 1.54) is 12.3 Å². The molecule has 6 nitrogen and oxygen atoms in total. The van der Waals surface area contributed by atoms with Gasteiger partial charge >= 0.3 is 0 Å². The van der Waals surface area contributed by atoms with Crippen molar-refractivity contribution in [3.05, 3.63) is 84.1 Å². The third-order valence-electron chi connectivity index (χ3n) is 4.95. The predicted molar refractivity (Wildman–Crippen MR) is 110 cm³/mol. The molecule has 1 amide bonds. The second-order valence-electron chi connectivity index (χ2n) is 6.86. The lowest BCUT2D eigenvalue weighted by molar-refractivity contribution is 0.0740. The van der Waals surface area contributed by atoms with Crippen LogP contribution in [0.15, 0.2) is 67.0 Å². The summed E-state index contributed by atoms with van der Waals surface area (Å²) in [6.07, 6.45) is 3.07. The summed E-state index contributed by atoms with van der Waals surface area (Å²) in [5.41, 5.74) is 2.03. The maximum atomic E-state index is 14.0. The quantitative estimate of drug-likeness (QED) is 0.724. The van der Waals surface area contributed by atoms with Crippen LogP contribution in [0.5, 0.6) is 0 Å². The number of rotatable bonds is 5. The Bertz CT molecular complexity index is 956. The molecule has 0 aliphatic carbocycles. The summed E-state index contributed by atoms with van der Waals surface area (Å²) in [5.74, 6) is 0.229. The molecule has 1 aliphatic heterocycles. The van der Waals surface area contributed by atoms with Crippen molar-refractivity contribution in [1.29, 1.82) is 0 Å². The summed E-state index contributed by atoms with van der Waals surface area (Å²) >= 11 is 0. The minimum atomic E-state index is -0.239. The van der Waals surface area contributed by atoms with Crippen LogP contribution in [0.3, 0.4) is 0 Å². The highest BCUT2D eigenvalue weighted by molar-refractivity contribution is 5.92. The molecule has 1 aliphatic rings. The molecular weight excluding hydrogens is 369 g/mol. The van der Waals surface area contributed by atoms with E-state index in [1.807, 2.05) is 41.3 Å². The van der Waals surface area contributed by atoms with Gasteiger partial charge in [0.05, 0.1) is 18.1 Å². The zero-order valence-electron chi connectivity index (χ0n) is 16.0. The Morgan fingerprint density at radius 2 is 1.66 bits per heavy atom. The first-order valence-electron chi connectivity index (χ1n) is 9.59. The van der Waals surface area contributed by atoms with Crippen LogP contribution in [0, 0.1) is 5.82 Å². The zero-order chi connectivity index (χ0) is 20.1. The summed E-state index contributed by atoms with van der Waals surface area (Å²) < 4.78 is 14.0. The molecule has 7 heteroatoms. The predicted octanol–water partition coefficient (Wildman–Crippen LogP) is 3.19. The second kappa shape index (κ2) is 8.68. The van der Waals surface area contributed by atoms with Crippen molar-refractivity contribution in [2.45, 2.75) is 6.54 Å². The summed E-state index contributed by atoms with van der Waals surface area (Å²) in [5, 5.41) is 3.20. The van der Waals surface area contributed by atoms with E-state index in [1.54, 1.807) is 23.2 Å². The largest absolute Gasteiger partial charge is 0.366 e. The minimum Gasteiger partial charge on any atom is -0.366 e. The van der Waals surface area contributed by atoms with Crippen LogP contribution >= 0.6 is 0 Å². The monoisotopic (exact) mass is 391 g/mol. The van der Waals surface area contributed by atoms with Gasteiger partial charge in [0.2, 0.25) is 0 Å². The molecule has 1 N–H and O–H groups in total. The normalized spacial score (nSPS) is 14.0. The topological polar surface area (TPSA) is 61.4 Å². The lowest BCUT2D eigenvalue weighted by Gasteiger charge is -2.36. The molecule has 0 spiro atoms. The van der Waals surface area contributed by atoms with E-state index in [-0.39, 0.29) is 11.7 Å². The maximum absolute atomic E-state index is 14.0. The molecule has 0 radical (unpaired) electrons. The molecule has 29 heavy (non-hydrogen) atoms. The minimum absolute atomic E-state index is 0.153. The average Bonchev–Trinajstić information content (AvgIpc) is 2.79. The van der Waals surface area contributed by atoms with Crippen LogP contribution in [0.4, 0.5) is 15.9 Å². The van der Waals surface area contributed by atoms with Gasteiger partial charge in [-0.05, 0) is 17.7 Å². The average molecular weight is 391 g/mol. The number of halogens is 1. The fourth-order valence-electron chi connectivity index (χ4n) is 3.34. The third-order valence-corrected chi connectivity index (χ3v) is 4.95. The van der Waals surface area contributed by atoms with Crippen LogP contribution < -0.4 is 10.2 Å². The molecule has 0 saturated carbocycles. The van der Waals surface area contributed by atoms with Gasteiger partial charge in [-0.2, -0.15) is 0 Å². The lowest BCUT2D eigenvalue weighted by Crippen LogP contribution is -2.49. The van der Waals surface area contributed by atoms with Gasteiger partial charge in [-0.15, -0.1) is 0 Å². The first-order chi connectivity index (χ1) is 14.2. The van der Waals surface area contributed by atoms with Gasteiger partial charge in [-0.3, -0.25) is 4.79 Å². The van der Waals surface area contributed by atoms with E-state index < -0.39 is 0 Å². The molecule has 3 aromatic rings. The fourth-order valence-corrected chi connectivity index (χ4v) is 3.34. The van der Waals surface area contributed by atoms with E-state index in [0.717, 1.165) is 5.56 Å². The van der Waals surface area contributed by atoms with Gasteiger partial charge in [-0.1, -0.05) is 42.5 Å². The van der Waals surface area contributed by atoms with E-state index in [9.17, 15) is 9.18 Å². The Hall–Kier alpha value is -3.48. The molecule has 148 valence electrons. The molecular formula is C22H22FN5O. The number of carbonyl (C=O) groups is 1. The molecule has 1 aromatic heterocycles. The number of nitrogens with zero attached hydrogens (tertiary/aromatic N) is 4. The van der Waals surface area contributed by atoms with Gasteiger partial charge in [0, 0.05) is 32.7 Å². The van der Waals surface area contributed by atoms with E-state index in [0.29, 0.717) is 49.9 Å². The fraction of sp³-hybridized carbons (Fsp3) is 0.227. The standard InChI is InChI=1S/C22H22FN5O/c23-18-8-4-5-9-20(18)27-10-12-28(13-11-27)22(29)19-15-26-21(16-24-19)25-14-17-6-2-1-3-7-17/h1-9,15-16H,10-14H2,(H,25,26). The highest BCUT2D eigenvalue weighted by atomic mass is 19.1. The van der Waals surface area contributed by atoms with Crippen molar-refractivity contribution >= 4 is 17.4 Å². The first kappa shape index (κ1) is 18.9. The number of amides is 1. The Morgan fingerprint density at radius 3 is 2.34 bits per heavy atom. The van der Waals surface area contributed by atoms with Crippen molar-refractivity contribution in [3.63, 3.8) is 0 Å². The highest BCUT2D eigenvalue weighted by Gasteiger charge is 2.24. The third kappa shape index (κ3) is 4.51. The number of nitrogens with one attached hydrogen (secondary N) is 1. The highest BCUT2D eigenvalue weighted by Crippen LogP contribution is 2.20. The Kier molecular flexibility index (Phi) is 5.65. The number of aromatic nitrogens is 2.